The van der Waals surface area contributed by atoms with Crippen LogP contribution in [-0.4, -0.2) is 6.26 Å². The highest BCUT2D eigenvalue weighted by atomic mass is 32.1. The molecule has 0 unspecified atom stereocenters. The molecular weight excluding hydrogens is 210 g/mol. The van der Waals surface area contributed by atoms with E-state index in [9.17, 15) is 0 Å². The Morgan fingerprint density at radius 2 is 2.07 bits per heavy atom. The van der Waals surface area contributed by atoms with E-state index in [1.54, 1.807) is 17.6 Å². The average Bonchev–Trinajstić information content (AvgIpc) is 2.66. The first-order valence-electron chi connectivity index (χ1n) is 4.18. The molecule has 0 amide bonds. The summed E-state index contributed by atoms with van der Waals surface area (Å²) in [6.45, 7) is 0. The van der Waals surface area contributed by atoms with Crippen LogP contribution in [0, 0.1) is 11.3 Å². The number of thiol groups is 1. The minimum atomic E-state index is 0.518. The molecule has 1 nitrogen and oxygen atoms in total. The Hall–Kier alpha value is -0.980. The lowest BCUT2D eigenvalue weighted by molar-refractivity contribution is 1.30. The average molecular weight is 221 g/mol. The lowest BCUT2D eigenvalue weighted by atomic mass is 10.1. The monoisotopic (exact) mass is 221 g/mol. The molecule has 0 fully saturated rings. The first-order chi connectivity index (χ1) is 6.92. The highest BCUT2D eigenvalue weighted by Crippen LogP contribution is 2.25. The number of hydrogen-bond acceptors (Lipinski definition) is 3. The molecule has 2 aromatic rings. The van der Waals surface area contributed by atoms with Crippen molar-refractivity contribution in [2.45, 2.75) is 6.42 Å². The molecule has 0 saturated carbocycles. The molecule has 0 atom stereocenters. The number of hydrogen-bond donors (Lipinski definition) is 1. The molecule has 14 heavy (non-hydrogen) atoms. The summed E-state index contributed by atoms with van der Waals surface area (Å²) >= 11 is 5.23. The second-order valence-electron chi connectivity index (χ2n) is 2.59. The molecule has 3 heteroatoms. The maximum Gasteiger partial charge on any atom is 0.0670 e. The lowest BCUT2D eigenvalue weighted by Gasteiger charge is -1.89. The Kier molecular flexibility index (Phi) is 4.51. The fourth-order valence-electron chi connectivity index (χ4n) is 1.25. The van der Waals surface area contributed by atoms with Gasteiger partial charge in [-0.2, -0.15) is 17.9 Å². The van der Waals surface area contributed by atoms with E-state index < -0.39 is 0 Å². The predicted molar refractivity (Wildman–Crippen MR) is 66.1 cm³/mol. The quantitative estimate of drug-likeness (QED) is 0.732. The molecule has 2 rings (SSSR count). The normalized spacial score (nSPS) is 8.93. The van der Waals surface area contributed by atoms with Gasteiger partial charge in [0.1, 0.15) is 0 Å². The van der Waals surface area contributed by atoms with Gasteiger partial charge < -0.3 is 0 Å². The van der Waals surface area contributed by atoms with Crippen LogP contribution in [0.5, 0.6) is 0 Å². The third kappa shape index (κ3) is 2.28. The van der Waals surface area contributed by atoms with Crippen molar-refractivity contribution in [2.75, 3.05) is 6.26 Å². The van der Waals surface area contributed by atoms with Crippen molar-refractivity contribution in [1.29, 1.82) is 5.26 Å². The SMILES string of the molecule is CS.N#CCc1csc2ccccc12. The molecule has 0 spiro atoms. The zero-order valence-corrected chi connectivity index (χ0v) is 9.61. The molecule has 0 aliphatic carbocycles. The van der Waals surface area contributed by atoms with Crippen molar-refractivity contribution >= 4 is 34.1 Å². The number of fused-ring (bicyclic) bond motifs is 1. The van der Waals surface area contributed by atoms with Gasteiger partial charge in [-0.1, -0.05) is 18.2 Å². The molecule has 0 N–H and O–H groups in total. The van der Waals surface area contributed by atoms with E-state index >= 15 is 0 Å². The zero-order valence-electron chi connectivity index (χ0n) is 7.90. The molecule has 0 aliphatic heterocycles. The van der Waals surface area contributed by atoms with Crippen molar-refractivity contribution in [2.24, 2.45) is 0 Å². The number of rotatable bonds is 1. The molecule has 1 aromatic carbocycles. The van der Waals surface area contributed by atoms with Crippen LogP contribution in [0.4, 0.5) is 0 Å². The molecule has 0 radical (unpaired) electrons. The van der Waals surface area contributed by atoms with E-state index in [4.69, 9.17) is 5.26 Å². The van der Waals surface area contributed by atoms with Gasteiger partial charge >= 0.3 is 0 Å². The van der Waals surface area contributed by atoms with E-state index in [1.165, 1.54) is 10.1 Å². The maximum atomic E-state index is 8.55. The van der Waals surface area contributed by atoms with Crippen LogP contribution in [0.2, 0.25) is 0 Å². The number of nitrogens with zero attached hydrogens (tertiary/aromatic N) is 1. The zero-order chi connectivity index (χ0) is 10.4. The lowest BCUT2D eigenvalue weighted by Crippen LogP contribution is -1.75. The second kappa shape index (κ2) is 5.69. The van der Waals surface area contributed by atoms with Gasteiger partial charge in [0, 0.05) is 4.70 Å². The van der Waals surface area contributed by atoms with Gasteiger partial charge in [-0.3, -0.25) is 0 Å². The van der Waals surface area contributed by atoms with E-state index in [0.29, 0.717) is 6.42 Å². The van der Waals surface area contributed by atoms with Crippen molar-refractivity contribution in [3.8, 4) is 6.07 Å². The van der Waals surface area contributed by atoms with Crippen molar-refractivity contribution in [1.82, 2.24) is 0 Å². The van der Waals surface area contributed by atoms with Crippen LogP contribution in [-0.2, 0) is 6.42 Å². The number of benzene rings is 1. The fraction of sp³-hybridized carbons (Fsp3) is 0.182. The third-order valence-corrected chi connectivity index (χ3v) is 2.84. The first-order valence-corrected chi connectivity index (χ1v) is 5.96. The summed E-state index contributed by atoms with van der Waals surface area (Å²) in [6.07, 6.45) is 2.21. The Morgan fingerprint density at radius 3 is 2.79 bits per heavy atom. The Balaban J connectivity index is 0.000000461. The van der Waals surface area contributed by atoms with Gasteiger partial charge in [0.15, 0.2) is 0 Å². The van der Waals surface area contributed by atoms with Crippen LogP contribution >= 0.6 is 24.0 Å². The highest BCUT2D eigenvalue weighted by molar-refractivity contribution is 7.79. The van der Waals surface area contributed by atoms with Gasteiger partial charge in [0.2, 0.25) is 0 Å². The first kappa shape index (κ1) is 11.1. The van der Waals surface area contributed by atoms with Gasteiger partial charge in [-0.05, 0) is 28.7 Å². The Bertz CT molecular complexity index is 440. The summed E-state index contributed by atoms with van der Waals surface area (Å²) in [4.78, 5) is 0. The predicted octanol–water partition coefficient (Wildman–Crippen LogP) is 3.51. The minimum absolute atomic E-state index is 0.518. The molecule has 72 valence electrons. The van der Waals surface area contributed by atoms with Gasteiger partial charge in [-0.25, -0.2) is 0 Å². The minimum Gasteiger partial charge on any atom is -0.198 e. The van der Waals surface area contributed by atoms with Crippen molar-refractivity contribution in [3.63, 3.8) is 0 Å². The Morgan fingerprint density at radius 1 is 1.36 bits per heavy atom. The largest absolute Gasteiger partial charge is 0.198 e. The van der Waals surface area contributed by atoms with Gasteiger partial charge in [0.05, 0.1) is 12.5 Å². The smallest absolute Gasteiger partial charge is 0.0670 e. The molecule has 1 heterocycles. The molecular formula is C11H11NS2. The van der Waals surface area contributed by atoms with E-state index in [2.05, 4.69) is 36.2 Å². The van der Waals surface area contributed by atoms with E-state index in [1.807, 2.05) is 12.1 Å². The number of thiophene rings is 1. The Labute approximate surface area is 93.4 Å². The van der Waals surface area contributed by atoms with Crippen LogP contribution in [0.15, 0.2) is 29.6 Å². The fourth-order valence-corrected chi connectivity index (χ4v) is 2.22. The molecule has 0 saturated heterocycles. The standard InChI is InChI=1S/C10H7NS.CH4S/c11-6-5-8-7-12-10-4-2-1-3-9(8)10;1-2/h1-4,7H,5H2;2H,1H3. The van der Waals surface area contributed by atoms with Crippen molar-refractivity contribution < 1.29 is 0 Å². The molecule has 1 aromatic heterocycles. The second-order valence-corrected chi connectivity index (χ2v) is 3.50. The van der Waals surface area contributed by atoms with Crippen LogP contribution in [0.3, 0.4) is 0 Å². The summed E-state index contributed by atoms with van der Waals surface area (Å²) in [5.41, 5.74) is 1.15. The number of nitriles is 1. The summed E-state index contributed by atoms with van der Waals surface area (Å²) in [5.74, 6) is 0. The highest BCUT2D eigenvalue weighted by Gasteiger charge is 2.00. The molecule has 0 bridgehead atoms. The maximum absolute atomic E-state index is 8.55. The summed E-state index contributed by atoms with van der Waals surface area (Å²) in [5, 5.41) is 11.8. The topological polar surface area (TPSA) is 23.8 Å². The van der Waals surface area contributed by atoms with Crippen LogP contribution < -0.4 is 0 Å². The summed E-state index contributed by atoms with van der Waals surface area (Å²) < 4.78 is 1.27. The summed E-state index contributed by atoms with van der Waals surface area (Å²) in [7, 11) is 0. The third-order valence-electron chi connectivity index (χ3n) is 1.83. The van der Waals surface area contributed by atoms with Crippen LogP contribution in [0.25, 0.3) is 10.1 Å². The van der Waals surface area contributed by atoms with Gasteiger partial charge in [0.25, 0.3) is 0 Å². The molecule has 0 aliphatic rings. The van der Waals surface area contributed by atoms with E-state index in [0.717, 1.165) is 5.56 Å². The van der Waals surface area contributed by atoms with E-state index in [-0.39, 0.29) is 0 Å². The summed E-state index contributed by atoms with van der Waals surface area (Å²) in [6, 6.07) is 10.4. The van der Waals surface area contributed by atoms with Crippen molar-refractivity contribution in [3.05, 3.63) is 35.2 Å². The van der Waals surface area contributed by atoms with Crippen LogP contribution in [0.1, 0.15) is 5.56 Å². The van der Waals surface area contributed by atoms with Gasteiger partial charge in [-0.15, -0.1) is 11.3 Å².